The first-order valence-electron chi connectivity index (χ1n) is 9.36. The molecule has 10 nitrogen and oxygen atoms in total. The van der Waals surface area contributed by atoms with Crippen LogP contribution in [0.3, 0.4) is 0 Å². The normalized spacial score (nSPS) is 13.2. The number of aromatic amines is 1. The molecule has 156 valence electrons. The Balaban J connectivity index is 1.30. The number of nitrogens with one attached hydrogen (secondary N) is 2. The Labute approximate surface area is 176 Å². The van der Waals surface area contributed by atoms with Gasteiger partial charge in [-0.2, -0.15) is 14.9 Å². The molecule has 0 saturated heterocycles. The average molecular weight is 431 g/mol. The van der Waals surface area contributed by atoms with Crippen molar-refractivity contribution in [2.75, 3.05) is 18.0 Å². The number of amides is 1. The van der Waals surface area contributed by atoms with Gasteiger partial charge in [-0.3, -0.25) is 9.68 Å². The van der Waals surface area contributed by atoms with Gasteiger partial charge < -0.3 is 15.2 Å². The van der Waals surface area contributed by atoms with Crippen LogP contribution in [0.15, 0.2) is 36.7 Å². The molecule has 1 aliphatic rings. The van der Waals surface area contributed by atoms with Gasteiger partial charge in [-0.25, -0.2) is 9.78 Å². The second kappa shape index (κ2) is 9.06. The van der Waals surface area contributed by atoms with Crippen molar-refractivity contribution in [3.8, 4) is 0 Å². The average Bonchev–Trinajstić information content (AvgIpc) is 3.48. The predicted molar refractivity (Wildman–Crippen MR) is 107 cm³/mol. The number of rotatable bonds is 9. The first-order valence-corrected chi connectivity index (χ1v) is 9.74. The van der Waals surface area contributed by atoms with Gasteiger partial charge in [0.2, 0.25) is 11.2 Å². The number of imidazole rings is 1. The SMILES string of the molecule is O=C(CN(c1nc(Cl)nc2nc[nH]c12)C1CC1)NCC(=O)OOCc1ccccc1. The van der Waals surface area contributed by atoms with E-state index in [9.17, 15) is 9.59 Å². The number of anilines is 1. The fraction of sp³-hybridized carbons (Fsp3) is 0.316. The molecule has 11 heteroatoms. The highest BCUT2D eigenvalue weighted by atomic mass is 35.5. The van der Waals surface area contributed by atoms with Crippen molar-refractivity contribution in [1.82, 2.24) is 25.3 Å². The lowest BCUT2D eigenvalue weighted by molar-refractivity contribution is -0.278. The smallest absolute Gasteiger partial charge is 0.344 e. The van der Waals surface area contributed by atoms with E-state index in [1.807, 2.05) is 35.2 Å². The molecular formula is C19H19ClN6O4. The first-order chi connectivity index (χ1) is 14.6. The number of fused-ring (bicyclic) bond motifs is 1. The van der Waals surface area contributed by atoms with Crippen LogP contribution in [0, 0.1) is 0 Å². The molecule has 1 aromatic carbocycles. The Kier molecular flexibility index (Phi) is 6.05. The van der Waals surface area contributed by atoms with Crippen molar-refractivity contribution < 1.29 is 19.4 Å². The molecule has 0 atom stereocenters. The van der Waals surface area contributed by atoms with Crippen molar-refractivity contribution in [2.24, 2.45) is 0 Å². The van der Waals surface area contributed by atoms with Gasteiger partial charge >= 0.3 is 5.97 Å². The second-order valence-electron chi connectivity index (χ2n) is 6.76. The molecule has 1 amide bonds. The van der Waals surface area contributed by atoms with E-state index < -0.39 is 5.97 Å². The summed E-state index contributed by atoms with van der Waals surface area (Å²) in [7, 11) is 0. The second-order valence-corrected chi connectivity index (χ2v) is 7.09. The zero-order chi connectivity index (χ0) is 20.9. The molecule has 2 N–H and O–H groups in total. The maximum atomic E-state index is 12.4. The van der Waals surface area contributed by atoms with Gasteiger partial charge in [0.1, 0.15) is 18.7 Å². The molecule has 4 rings (SSSR count). The molecule has 0 radical (unpaired) electrons. The number of carbonyl (C=O) groups excluding carboxylic acids is 2. The van der Waals surface area contributed by atoms with Crippen LogP contribution < -0.4 is 10.2 Å². The maximum Gasteiger partial charge on any atom is 0.361 e. The van der Waals surface area contributed by atoms with Crippen molar-refractivity contribution in [3.63, 3.8) is 0 Å². The number of halogens is 1. The van der Waals surface area contributed by atoms with Crippen LogP contribution in [0.25, 0.3) is 11.2 Å². The van der Waals surface area contributed by atoms with E-state index in [4.69, 9.17) is 21.4 Å². The van der Waals surface area contributed by atoms with Gasteiger partial charge in [-0.15, -0.1) is 0 Å². The van der Waals surface area contributed by atoms with E-state index >= 15 is 0 Å². The van der Waals surface area contributed by atoms with Crippen molar-refractivity contribution >= 4 is 40.5 Å². The van der Waals surface area contributed by atoms with Crippen LogP contribution in [0.4, 0.5) is 5.82 Å². The third-order valence-electron chi connectivity index (χ3n) is 4.46. The Morgan fingerprint density at radius 3 is 2.80 bits per heavy atom. The quantitative estimate of drug-likeness (QED) is 0.299. The number of benzene rings is 1. The molecule has 1 saturated carbocycles. The summed E-state index contributed by atoms with van der Waals surface area (Å²) >= 11 is 6.00. The van der Waals surface area contributed by atoms with E-state index in [1.54, 1.807) is 0 Å². The van der Waals surface area contributed by atoms with E-state index in [1.165, 1.54) is 6.33 Å². The lowest BCUT2D eigenvalue weighted by Crippen LogP contribution is -2.41. The first kappa shape index (κ1) is 20.0. The minimum absolute atomic E-state index is 0.00425. The molecule has 0 unspecified atom stereocenters. The molecule has 0 bridgehead atoms. The molecule has 2 heterocycles. The largest absolute Gasteiger partial charge is 0.361 e. The number of hydrogen-bond acceptors (Lipinski definition) is 8. The summed E-state index contributed by atoms with van der Waals surface area (Å²) in [4.78, 5) is 51.1. The summed E-state index contributed by atoms with van der Waals surface area (Å²) in [5.74, 6) is -0.545. The number of nitrogens with zero attached hydrogens (tertiary/aromatic N) is 4. The van der Waals surface area contributed by atoms with Gasteiger partial charge in [0.25, 0.3) is 0 Å². The highest BCUT2D eigenvalue weighted by Crippen LogP contribution is 2.33. The van der Waals surface area contributed by atoms with Crippen LogP contribution in [0.1, 0.15) is 18.4 Å². The molecule has 0 aliphatic heterocycles. The molecule has 2 aromatic heterocycles. The highest BCUT2D eigenvalue weighted by Gasteiger charge is 2.33. The van der Waals surface area contributed by atoms with Gasteiger partial charge in [-0.1, -0.05) is 30.3 Å². The number of aromatic nitrogens is 4. The summed E-state index contributed by atoms with van der Waals surface area (Å²) in [6, 6.07) is 9.44. The Bertz CT molecular complexity index is 1040. The van der Waals surface area contributed by atoms with Crippen LogP contribution in [0.5, 0.6) is 0 Å². The van der Waals surface area contributed by atoms with E-state index in [0.29, 0.717) is 17.0 Å². The Morgan fingerprint density at radius 1 is 1.23 bits per heavy atom. The minimum Gasteiger partial charge on any atom is -0.344 e. The molecular weight excluding hydrogens is 412 g/mol. The van der Waals surface area contributed by atoms with Crippen LogP contribution in [0.2, 0.25) is 5.28 Å². The van der Waals surface area contributed by atoms with Crippen LogP contribution in [-0.2, 0) is 26.0 Å². The molecule has 3 aromatic rings. The van der Waals surface area contributed by atoms with Crippen molar-refractivity contribution in [2.45, 2.75) is 25.5 Å². The van der Waals surface area contributed by atoms with Gasteiger partial charge in [0.05, 0.1) is 12.9 Å². The topological polar surface area (TPSA) is 122 Å². The summed E-state index contributed by atoms with van der Waals surface area (Å²) in [6.45, 7) is -0.176. The molecule has 1 fully saturated rings. The van der Waals surface area contributed by atoms with E-state index in [2.05, 4.69) is 25.3 Å². The summed E-state index contributed by atoms with van der Waals surface area (Å²) in [5, 5.41) is 2.58. The molecule has 0 spiro atoms. The third-order valence-corrected chi connectivity index (χ3v) is 4.63. The lowest BCUT2D eigenvalue weighted by Gasteiger charge is -2.23. The zero-order valence-electron chi connectivity index (χ0n) is 15.9. The Hall–Kier alpha value is -3.24. The number of hydrogen-bond donors (Lipinski definition) is 2. The van der Waals surface area contributed by atoms with Crippen LogP contribution in [-0.4, -0.2) is 50.9 Å². The summed E-state index contributed by atoms with van der Waals surface area (Å²) in [5.41, 5.74) is 1.89. The number of H-pyrrole nitrogens is 1. The predicted octanol–water partition coefficient (Wildman–Crippen LogP) is 1.77. The zero-order valence-corrected chi connectivity index (χ0v) is 16.6. The number of carbonyl (C=O) groups is 2. The summed E-state index contributed by atoms with van der Waals surface area (Å²) in [6.07, 6.45) is 3.36. The van der Waals surface area contributed by atoms with Crippen molar-refractivity contribution in [3.05, 3.63) is 47.5 Å². The van der Waals surface area contributed by atoms with Gasteiger partial charge in [0.15, 0.2) is 11.5 Å². The highest BCUT2D eigenvalue weighted by molar-refractivity contribution is 6.28. The third kappa shape index (κ3) is 5.02. The monoisotopic (exact) mass is 430 g/mol. The van der Waals surface area contributed by atoms with Crippen molar-refractivity contribution in [1.29, 1.82) is 0 Å². The standard InChI is InChI=1S/C19H19ClN6O4/c20-19-24-17-16(22-11-23-17)18(25-19)26(13-6-7-13)9-14(27)21-8-15(28)30-29-10-12-4-2-1-3-5-12/h1-5,11,13H,6-10H2,(H,21,27)(H,22,23,24,25). The minimum atomic E-state index is -0.696. The van der Waals surface area contributed by atoms with Gasteiger partial charge in [0, 0.05) is 6.04 Å². The van der Waals surface area contributed by atoms with E-state index in [0.717, 1.165) is 18.4 Å². The fourth-order valence-corrected chi connectivity index (χ4v) is 3.07. The maximum absolute atomic E-state index is 12.4. The van der Waals surface area contributed by atoms with Gasteiger partial charge in [-0.05, 0) is 30.0 Å². The molecule has 1 aliphatic carbocycles. The Morgan fingerprint density at radius 2 is 2.03 bits per heavy atom. The lowest BCUT2D eigenvalue weighted by atomic mass is 10.2. The van der Waals surface area contributed by atoms with E-state index in [-0.39, 0.29) is 36.9 Å². The summed E-state index contributed by atoms with van der Waals surface area (Å²) < 4.78 is 0. The van der Waals surface area contributed by atoms with Crippen LogP contribution >= 0.6 is 11.6 Å². The molecule has 30 heavy (non-hydrogen) atoms. The fourth-order valence-electron chi connectivity index (χ4n) is 2.91.